The Morgan fingerprint density at radius 3 is 2.62 bits per heavy atom. The molecule has 0 fully saturated rings. The molecule has 1 aliphatic heterocycles. The molecule has 29 heavy (non-hydrogen) atoms. The van der Waals surface area contributed by atoms with Gasteiger partial charge in [-0.2, -0.15) is 0 Å². The van der Waals surface area contributed by atoms with E-state index in [1.807, 2.05) is 12.1 Å². The van der Waals surface area contributed by atoms with Crippen LogP contribution in [0.3, 0.4) is 0 Å². The number of hydrogen-bond acceptors (Lipinski definition) is 7. The fourth-order valence-electron chi connectivity index (χ4n) is 3.59. The van der Waals surface area contributed by atoms with Crippen LogP contribution in [0.15, 0.2) is 48.5 Å². The first-order chi connectivity index (χ1) is 13.9. The molecule has 0 unspecified atom stereocenters. The average molecular weight is 400 g/mol. The van der Waals surface area contributed by atoms with Crippen molar-refractivity contribution in [3.05, 3.63) is 64.2 Å². The van der Waals surface area contributed by atoms with Crippen LogP contribution in [0.5, 0.6) is 11.5 Å². The van der Waals surface area contributed by atoms with Gasteiger partial charge in [0.05, 0.1) is 25.8 Å². The number of methoxy groups -OCH3 is 1. The van der Waals surface area contributed by atoms with Crippen LogP contribution in [0, 0.1) is 10.1 Å². The van der Waals surface area contributed by atoms with Crippen LogP contribution in [-0.2, 0) is 9.53 Å². The molecule has 0 saturated carbocycles. The Balaban J connectivity index is 2.08. The highest BCUT2D eigenvalue weighted by atomic mass is 16.6. The van der Waals surface area contributed by atoms with E-state index < -0.39 is 23.7 Å². The second-order valence-corrected chi connectivity index (χ2v) is 6.91. The Bertz CT molecular complexity index is 902. The number of nitrogens with zero attached hydrogens (tertiary/aromatic N) is 1. The summed E-state index contributed by atoms with van der Waals surface area (Å²) in [5, 5.41) is 15.6. The zero-order valence-corrected chi connectivity index (χ0v) is 16.6. The van der Waals surface area contributed by atoms with E-state index in [2.05, 4.69) is 5.32 Å². The molecule has 1 aliphatic rings. The molecule has 0 amide bonds. The number of carbonyl (C=O) groups excluding carboxylic acids is 1. The van der Waals surface area contributed by atoms with Gasteiger partial charge in [0.15, 0.2) is 6.10 Å². The van der Waals surface area contributed by atoms with Crippen molar-refractivity contribution in [2.24, 2.45) is 0 Å². The molecule has 0 spiro atoms. The summed E-state index contributed by atoms with van der Waals surface area (Å²) in [5.74, 6) is 0.513. The lowest BCUT2D eigenvalue weighted by Crippen LogP contribution is -2.59. The summed E-state index contributed by atoms with van der Waals surface area (Å²) in [7, 11) is 1.54. The average Bonchev–Trinajstić information content (AvgIpc) is 2.71. The van der Waals surface area contributed by atoms with Gasteiger partial charge in [-0.05, 0) is 25.1 Å². The second-order valence-electron chi connectivity index (χ2n) is 6.91. The van der Waals surface area contributed by atoms with Gasteiger partial charge in [-0.25, -0.2) is 0 Å². The highest BCUT2D eigenvalue weighted by molar-refractivity contribution is 5.70. The summed E-state index contributed by atoms with van der Waals surface area (Å²) in [4.78, 5) is 24.0. The summed E-state index contributed by atoms with van der Waals surface area (Å²) >= 11 is 0. The van der Waals surface area contributed by atoms with Gasteiger partial charge in [-0.1, -0.05) is 30.3 Å². The smallest absolute Gasteiger partial charge is 0.309 e. The molecule has 0 bridgehead atoms. The monoisotopic (exact) mass is 400 g/mol. The molecule has 0 aliphatic carbocycles. The van der Waals surface area contributed by atoms with Crippen LogP contribution in [0.1, 0.15) is 31.9 Å². The molecule has 1 heterocycles. The van der Waals surface area contributed by atoms with E-state index in [-0.39, 0.29) is 18.0 Å². The van der Waals surface area contributed by atoms with Gasteiger partial charge in [0.2, 0.25) is 0 Å². The zero-order valence-electron chi connectivity index (χ0n) is 16.6. The standard InChI is InChI=1S/C21H24N2O6/c1-4-28-19(24)13-18-21(2,23(25)26)20(14-9-5-7-11-16(14)29-18)22-15-10-6-8-12-17(15)27-3/h5-12,18,20,22H,4,13H2,1-3H3/t18-,20-,21-/m0/s1. The number of esters is 1. The third kappa shape index (κ3) is 3.83. The number of carbonyl (C=O) groups is 1. The van der Waals surface area contributed by atoms with Gasteiger partial charge < -0.3 is 19.5 Å². The lowest BCUT2D eigenvalue weighted by Gasteiger charge is -2.41. The molecule has 0 aromatic heterocycles. The van der Waals surface area contributed by atoms with Gasteiger partial charge in [0.1, 0.15) is 17.5 Å². The van der Waals surface area contributed by atoms with Crippen LogP contribution in [0.25, 0.3) is 0 Å². The molecule has 3 atom stereocenters. The van der Waals surface area contributed by atoms with E-state index in [1.54, 1.807) is 43.3 Å². The lowest BCUT2D eigenvalue weighted by molar-refractivity contribution is -0.582. The lowest BCUT2D eigenvalue weighted by atomic mass is 9.78. The van der Waals surface area contributed by atoms with Crippen molar-refractivity contribution < 1.29 is 23.9 Å². The van der Waals surface area contributed by atoms with Crippen molar-refractivity contribution in [2.45, 2.75) is 38.0 Å². The Morgan fingerprint density at radius 1 is 1.24 bits per heavy atom. The summed E-state index contributed by atoms with van der Waals surface area (Å²) in [5.41, 5.74) is -0.389. The summed E-state index contributed by atoms with van der Waals surface area (Å²) < 4.78 is 16.3. The van der Waals surface area contributed by atoms with Gasteiger partial charge in [0, 0.05) is 17.4 Å². The van der Waals surface area contributed by atoms with Crippen molar-refractivity contribution >= 4 is 11.7 Å². The van der Waals surface area contributed by atoms with Crippen molar-refractivity contribution in [3.63, 3.8) is 0 Å². The molecule has 3 rings (SSSR count). The van der Waals surface area contributed by atoms with Gasteiger partial charge in [-0.3, -0.25) is 14.9 Å². The molecule has 0 saturated heterocycles. The molecule has 154 valence electrons. The molecule has 8 heteroatoms. The number of nitrogens with one attached hydrogen (secondary N) is 1. The minimum atomic E-state index is -1.64. The first kappa shape index (κ1) is 20.4. The quantitative estimate of drug-likeness (QED) is 0.431. The molecule has 8 nitrogen and oxygen atoms in total. The van der Waals surface area contributed by atoms with Crippen molar-refractivity contribution in [2.75, 3.05) is 19.0 Å². The number of rotatable bonds is 7. The number of nitro groups is 1. The van der Waals surface area contributed by atoms with E-state index in [9.17, 15) is 14.9 Å². The van der Waals surface area contributed by atoms with E-state index in [0.717, 1.165) is 0 Å². The highest BCUT2D eigenvalue weighted by Crippen LogP contribution is 2.46. The number of hydrogen-bond donors (Lipinski definition) is 1. The fraction of sp³-hybridized carbons (Fsp3) is 0.381. The summed E-state index contributed by atoms with van der Waals surface area (Å²) in [6, 6.07) is 13.5. The number of benzene rings is 2. The SMILES string of the molecule is CCOC(=O)C[C@@H]1Oc2ccccc2[C@H](Nc2ccccc2OC)[C@@]1(C)[N+](=O)[O-]. The number of anilines is 1. The van der Waals surface area contributed by atoms with Gasteiger partial charge in [-0.15, -0.1) is 0 Å². The van der Waals surface area contributed by atoms with Crippen molar-refractivity contribution in [1.29, 1.82) is 0 Å². The van der Waals surface area contributed by atoms with Crippen LogP contribution in [0.2, 0.25) is 0 Å². The molecule has 1 N–H and O–H groups in total. The molecule has 0 radical (unpaired) electrons. The van der Waals surface area contributed by atoms with Crippen LogP contribution in [-0.4, -0.2) is 36.3 Å². The molecular weight excluding hydrogens is 376 g/mol. The number of fused-ring (bicyclic) bond motifs is 1. The first-order valence-electron chi connectivity index (χ1n) is 9.37. The van der Waals surface area contributed by atoms with Crippen LogP contribution < -0.4 is 14.8 Å². The van der Waals surface area contributed by atoms with E-state index in [0.29, 0.717) is 22.7 Å². The molecular formula is C21H24N2O6. The predicted octanol–water partition coefficient (Wildman–Crippen LogP) is 3.60. The minimum absolute atomic E-state index is 0.195. The zero-order chi connectivity index (χ0) is 21.0. The van der Waals surface area contributed by atoms with Gasteiger partial charge >= 0.3 is 5.97 Å². The minimum Gasteiger partial charge on any atom is -0.495 e. The number of ether oxygens (including phenoxy) is 3. The van der Waals surface area contributed by atoms with E-state index >= 15 is 0 Å². The fourth-order valence-corrected chi connectivity index (χ4v) is 3.59. The third-order valence-corrected chi connectivity index (χ3v) is 5.19. The molecule has 2 aromatic carbocycles. The van der Waals surface area contributed by atoms with Crippen LogP contribution in [0.4, 0.5) is 5.69 Å². The second kappa shape index (κ2) is 8.38. The maximum Gasteiger partial charge on any atom is 0.309 e. The topological polar surface area (TPSA) is 99.9 Å². The Kier molecular flexibility index (Phi) is 5.91. The van der Waals surface area contributed by atoms with Gasteiger partial charge in [0.25, 0.3) is 5.54 Å². The Labute approximate surface area is 168 Å². The summed E-state index contributed by atoms with van der Waals surface area (Å²) in [6.45, 7) is 3.37. The highest BCUT2D eigenvalue weighted by Gasteiger charge is 2.59. The maximum atomic E-state index is 12.3. The normalized spacial score (nSPS) is 22.7. The molecule has 2 aromatic rings. The first-order valence-corrected chi connectivity index (χ1v) is 9.37. The van der Waals surface area contributed by atoms with Crippen LogP contribution >= 0.6 is 0 Å². The van der Waals surface area contributed by atoms with E-state index in [1.165, 1.54) is 14.0 Å². The van der Waals surface area contributed by atoms with E-state index in [4.69, 9.17) is 14.2 Å². The maximum absolute atomic E-state index is 12.3. The van der Waals surface area contributed by atoms with Crippen molar-refractivity contribution in [3.8, 4) is 11.5 Å². The largest absolute Gasteiger partial charge is 0.495 e. The predicted molar refractivity (Wildman–Crippen MR) is 107 cm³/mol. The summed E-state index contributed by atoms with van der Waals surface area (Å²) in [6.07, 6.45) is -1.25. The Hall–Kier alpha value is -3.29. The third-order valence-electron chi connectivity index (χ3n) is 5.19. The Morgan fingerprint density at radius 2 is 1.93 bits per heavy atom. The number of para-hydroxylation sites is 3. The van der Waals surface area contributed by atoms with Crippen molar-refractivity contribution in [1.82, 2.24) is 0 Å².